The first-order valence-corrected chi connectivity index (χ1v) is 6.91. The number of carbonyl (C=O) groups excluding carboxylic acids is 1. The van der Waals surface area contributed by atoms with Crippen LogP contribution in [0.15, 0.2) is 17.5 Å². The highest BCUT2D eigenvalue weighted by atomic mass is 32.1. The molecule has 4 nitrogen and oxygen atoms in total. The van der Waals surface area contributed by atoms with Crippen molar-refractivity contribution in [2.24, 2.45) is 5.92 Å². The average molecular weight is 269 g/mol. The fourth-order valence-electron chi connectivity index (χ4n) is 1.65. The van der Waals surface area contributed by atoms with Gasteiger partial charge in [0.2, 0.25) is 5.91 Å². The predicted octanol–water partition coefficient (Wildman–Crippen LogP) is 2.30. The summed E-state index contributed by atoms with van der Waals surface area (Å²) < 4.78 is 0. The topological polar surface area (TPSA) is 66.4 Å². The Bertz CT molecular complexity index is 387. The first-order chi connectivity index (χ1) is 8.49. The first-order valence-electron chi connectivity index (χ1n) is 6.03. The number of aryl methyl sites for hydroxylation is 1. The van der Waals surface area contributed by atoms with Crippen LogP contribution in [0.1, 0.15) is 31.6 Å². The number of nitrogens with one attached hydrogen (secondary N) is 1. The Kier molecular flexibility index (Phi) is 5.85. The molecule has 1 aromatic rings. The van der Waals surface area contributed by atoms with Gasteiger partial charge in [0.25, 0.3) is 0 Å². The van der Waals surface area contributed by atoms with E-state index in [1.165, 1.54) is 0 Å². The lowest BCUT2D eigenvalue weighted by Crippen LogP contribution is -2.41. The minimum atomic E-state index is -0.965. The molecule has 0 aliphatic heterocycles. The standard InChI is InChI=1S/C13H19NO3S/c1-9(2)8-11(13(16)17)14-12(15)6-5-10-4-3-7-18-10/h3-4,7,9,11H,5-6,8H2,1-2H3,(H,14,15)(H,16,17)/t11-/m0/s1. The second-order valence-electron chi connectivity index (χ2n) is 4.67. The summed E-state index contributed by atoms with van der Waals surface area (Å²) in [5, 5.41) is 13.6. The molecule has 1 atom stereocenters. The van der Waals surface area contributed by atoms with Crippen molar-refractivity contribution >= 4 is 23.2 Å². The number of carbonyl (C=O) groups is 2. The average Bonchev–Trinajstić information content (AvgIpc) is 2.77. The summed E-state index contributed by atoms with van der Waals surface area (Å²) in [6, 6.07) is 3.14. The van der Waals surface area contributed by atoms with Crippen molar-refractivity contribution in [3.8, 4) is 0 Å². The number of carboxylic acids is 1. The summed E-state index contributed by atoms with van der Waals surface area (Å²) in [5.41, 5.74) is 0. The van der Waals surface area contributed by atoms with Crippen molar-refractivity contribution in [3.63, 3.8) is 0 Å². The lowest BCUT2D eigenvalue weighted by atomic mass is 10.0. The van der Waals surface area contributed by atoms with E-state index >= 15 is 0 Å². The molecule has 0 radical (unpaired) electrons. The molecule has 0 saturated carbocycles. The molecule has 0 aliphatic rings. The van der Waals surface area contributed by atoms with Crippen LogP contribution in [0.2, 0.25) is 0 Å². The number of rotatable bonds is 7. The number of hydrogen-bond acceptors (Lipinski definition) is 3. The van der Waals surface area contributed by atoms with Crippen LogP contribution in [-0.4, -0.2) is 23.0 Å². The number of aliphatic carboxylic acids is 1. The minimum absolute atomic E-state index is 0.198. The maximum Gasteiger partial charge on any atom is 0.326 e. The molecule has 1 rings (SSSR count). The number of thiophene rings is 1. The highest BCUT2D eigenvalue weighted by Crippen LogP contribution is 2.11. The molecule has 0 saturated heterocycles. The van der Waals surface area contributed by atoms with Crippen LogP contribution in [0.25, 0.3) is 0 Å². The molecule has 0 aliphatic carbocycles. The fourth-order valence-corrected chi connectivity index (χ4v) is 2.36. The molecule has 100 valence electrons. The van der Waals surface area contributed by atoms with Crippen molar-refractivity contribution in [2.75, 3.05) is 0 Å². The van der Waals surface area contributed by atoms with Crippen LogP contribution in [-0.2, 0) is 16.0 Å². The molecule has 0 fully saturated rings. The summed E-state index contributed by atoms with van der Waals surface area (Å²) in [7, 11) is 0. The highest BCUT2D eigenvalue weighted by molar-refractivity contribution is 7.09. The minimum Gasteiger partial charge on any atom is -0.480 e. The van der Waals surface area contributed by atoms with Crippen LogP contribution in [0, 0.1) is 5.92 Å². The van der Waals surface area contributed by atoms with Crippen molar-refractivity contribution < 1.29 is 14.7 Å². The van der Waals surface area contributed by atoms with Crippen LogP contribution in [0.4, 0.5) is 0 Å². The summed E-state index contributed by atoms with van der Waals surface area (Å²) in [6.07, 6.45) is 1.46. The van der Waals surface area contributed by atoms with Gasteiger partial charge in [-0.25, -0.2) is 4.79 Å². The van der Waals surface area contributed by atoms with Crippen LogP contribution >= 0.6 is 11.3 Å². The van der Waals surface area contributed by atoms with E-state index < -0.39 is 12.0 Å². The highest BCUT2D eigenvalue weighted by Gasteiger charge is 2.20. The predicted molar refractivity (Wildman–Crippen MR) is 71.7 cm³/mol. The summed E-state index contributed by atoms with van der Waals surface area (Å²) in [6.45, 7) is 3.88. The third-order valence-corrected chi connectivity index (χ3v) is 3.46. The molecule has 1 amide bonds. The number of carboxylic acid groups (broad SMARTS) is 1. The molecule has 0 spiro atoms. The van der Waals surface area contributed by atoms with Gasteiger partial charge in [0.1, 0.15) is 6.04 Å². The van der Waals surface area contributed by atoms with Gasteiger partial charge >= 0.3 is 5.97 Å². The van der Waals surface area contributed by atoms with Crippen molar-refractivity contribution in [1.82, 2.24) is 5.32 Å². The third kappa shape index (κ3) is 5.31. The van der Waals surface area contributed by atoms with Crippen molar-refractivity contribution in [1.29, 1.82) is 0 Å². The lowest BCUT2D eigenvalue weighted by molar-refractivity contribution is -0.142. The number of amides is 1. The van der Waals surface area contributed by atoms with E-state index in [0.717, 1.165) is 4.88 Å². The fraction of sp³-hybridized carbons (Fsp3) is 0.538. The Morgan fingerprint density at radius 2 is 2.17 bits per heavy atom. The molecular weight excluding hydrogens is 250 g/mol. The largest absolute Gasteiger partial charge is 0.480 e. The van der Waals surface area contributed by atoms with Gasteiger partial charge in [0.15, 0.2) is 0 Å². The Morgan fingerprint density at radius 1 is 1.44 bits per heavy atom. The van der Waals surface area contributed by atoms with Gasteiger partial charge in [-0.1, -0.05) is 19.9 Å². The van der Waals surface area contributed by atoms with E-state index in [1.54, 1.807) is 11.3 Å². The normalized spacial score (nSPS) is 12.4. The zero-order valence-electron chi connectivity index (χ0n) is 10.7. The van der Waals surface area contributed by atoms with Gasteiger partial charge in [-0.3, -0.25) is 4.79 Å². The van der Waals surface area contributed by atoms with Gasteiger partial charge in [-0.05, 0) is 30.2 Å². The maximum atomic E-state index is 11.7. The second kappa shape index (κ2) is 7.16. The third-order valence-electron chi connectivity index (χ3n) is 2.52. The zero-order valence-corrected chi connectivity index (χ0v) is 11.5. The monoisotopic (exact) mass is 269 g/mol. The molecule has 0 unspecified atom stereocenters. The van der Waals surface area contributed by atoms with Crippen LogP contribution < -0.4 is 5.32 Å². The van der Waals surface area contributed by atoms with Gasteiger partial charge in [0, 0.05) is 11.3 Å². The van der Waals surface area contributed by atoms with E-state index in [2.05, 4.69) is 5.32 Å². The van der Waals surface area contributed by atoms with Crippen LogP contribution in [0.5, 0.6) is 0 Å². The van der Waals surface area contributed by atoms with Crippen molar-refractivity contribution in [2.45, 2.75) is 39.2 Å². The molecule has 5 heteroatoms. The molecule has 1 heterocycles. The van der Waals surface area contributed by atoms with E-state index in [-0.39, 0.29) is 11.8 Å². The molecule has 1 aromatic heterocycles. The molecule has 0 bridgehead atoms. The summed E-state index contributed by atoms with van der Waals surface area (Å²) in [5.74, 6) is -0.923. The van der Waals surface area contributed by atoms with E-state index in [1.807, 2.05) is 31.4 Å². The summed E-state index contributed by atoms with van der Waals surface area (Å²) >= 11 is 1.60. The Hall–Kier alpha value is -1.36. The quantitative estimate of drug-likeness (QED) is 0.798. The van der Waals surface area contributed by atoms with E-state index in [0.29, 0.717) is 19.3 Å². The maximum absolute atomic E-state index is 11.7. The van der Waals surface area contributed by atoms with E-state index in [4.69, 9.17) is 5.11 Å². The Balaban J connectivity index is 2.39. The molecule has 0 aromatic carbocycles. The number of hydrogen-bond donors (Lipinski definition) is 2. The van der Waals surface area contributed by atoms with Gasteiger partial charge in [-0.2, -0.15) is 0 Å². The lowest BCUT2D eigenvalue weighted by Gasteiger charge is -2.16. The Morgan fingerprint density at radius 3 is 2.67 bits per heavy atom. The molecular formula is C13H19NO3S. The zero-order chi connectivity index (χ0) is 13.5. The smallest absolute Gasteiger partial charge is 0.326 e. The van der Waals surface area contributed by atoms with Crippen molar-refractivity contribution in [3.05, 3.63) is 22.4 Å². The first kappa shape index (κ1) is 14.7. The van der Waals surface area contributed by atoms with Gasteiger partial charge in [-0.15, -0.1) is 11.3 Å². The van der Waals surface area contributed by atoms with Gasteiger partial charge < -0.3 is 10.4 Å². The SMILES string of the molecule is CC(C)C[C@H](NC(=O)CCc1cccs1)C(=O)O. The van der Waals surface area contributed by atoms with Crippen LogP contribution in [0.3, 0.4) is 0 Å². The Labute approximate surface area is 111 Å². The van der Waals surface area contributed by atoms with E-state index in [9.17, 15) is 9.59 Å². The molecule has 18 heavy (non-hydrogen) atoms. The van der Waals surface area contributed by atoms with Gasteiger partial charge in [0.05, 0.1) is 0 Å². The second-order valence-corrected chi connectivity index (χ2v) is 5.70. The molecule has 2 N–H and O–H groups in total. The summed E-state index contributed by atoms with van der Waals surface area (Å²) in [4.78, 5) is 23.8.